The van der Waals surface area contributed by atoms with Crippen LogP contribution in [0.25, 0.3) is 5.65 Å². The number of nitrogens with zero attached hydrogens (tertiary/aromatic N) is 3. The zero-order valence-electron chi connectivity index (χ0n) is 11.1. The van der Waals surface area contributed by atoms with E-state index in [1.807, 2.05) is 31.4 Å². The summed E-state index contributed by atoms with van der Waals surface area (Å²) in [5, 5.41) is 2.15. The van der Waals surface area contributed by atoms with E-state index < -0.39 is 0 Å². The molecule has 20 heavy (non-hydrogen) atoms. The summed E-state index contributed by atoms with van der Waals surface area (Å²) in [6.07, 6.45) is 2.00. The molecule has 0 unspecified atom stereocenters. The van der Waals surface area contributed by atoms with Gasteiger partial charge in [-0.1, -0.05) is 6.07 Å². The predicted molar refractivity (Wildman–Crippen MR) is 87.2 cm³/mol. The van der Waals surface area contributed by atoms with Crippen molar-refractivity contribution in [2.24, 2.45) is 5.73 Å². The molecule has 0 saturated heterocycles. The van der Waals surface area contributed by atoms with E-state index in [4.69, 9.17) is 5.73 Å². The molecular weight excluding hydrogens is 336 g/mol. The van der Waals surface area contributed by atoms with Gasteiger partial charge in [0.15, 0.2) is 5.82 Å². The van der Waals surface area contributed by atoms with Crippen LogP contribution >= 0.6 is 27.3 Å². The second-order valence-electron chi connectivity index (χ2n) is 4.63. The van der Waals surface area contributed by atoms with Gasteiger partial charge >= 0.3 is 0 Å². The minimum atomic E-state index is 0.470. The summed E-state index contributed by atoms with van der Waals surface area (Å²) in [5.41, 5.74) is 9.14. The molecule has 0 fully saturated rings. The van der Waals surface area contributed by atoms with E-state index in [2.05, 4.69) is 41.7 Å². The van der Waals surface area contributed by atoms with Gasteiger partial charge in [0.1, 0.15) is 5.65 Å². The molecule has 0 aliphatic heterocycles. The smallest absolute Gasteiger partial charge is 0.152 e. The van der Waals surface area contributed by atoms with E-state index in [-0.39, 0.29) is 0 Å². The monoisotopic (exact) mass is 350 g/mol. The lowest BCUT2D eigenvalue weighted by atomic mass is 10.3. The van der Waals surface area contributed by atoms with E-state index in [1.54, 1.807) is 11.3 Å². The number of nitrogens with two attached hydrogens (primary N) is 1. The van der Waals surface area contributed by atoms with Gasteiger partial charge in [0.2, 0.25) is 0 Å². The van der Waals surface area contributed by atoms with E-state index in [9.17, 15) is 0 Å². The highest BCUT2D eigenvalue weighted by Gasteiger charge is 2.14. The first-order valence-electron chi connectivity index (χ1n) is 6.29. The molecule has 4 nitrogen and oxygen atoms in total. The molecule has 0 aromatic carbocycles. The quantitative estimate of drug-likeness (QED) is 0.785. The molecule has 6 heteroatoms. The van der Waals surface area contributed by atoms with Gasteiger partial charge in [-0.15, -0.1) is 11.3 Å². The second kappa shape index (κ2) is 5.55. The molecular formula is C14H15BrN4S. The van der Waals surface area contributed by atoms with Crippen molar-refractivity contribution in [3.05, 3.63) is 50.9 Å². The first kappa shape index (κ1) is 13.6. The topological polar surface area (TPSA) is 46.6 Å². The third-order valence-electron chi connectivity index (χ3n) is 3.20. The Bertz CT molecular complexity index is 734. The van der Waals surface area contributed by atoms with Crippen molar-refractivity contribution in [2.75, 3.05) is 11.9 Å². The number of pyridine rings is 1. The molecule has 0 radical (unpaired) electrons. The van der Waals surface area contributed by atoms with E-state index in [0.717, 1.165) is 27.5 Å². The maximum Gasteiger partial charge on any atom is 0.152 e. The Balaban J connectivity index is 1.96. The third kappa shape index (κ3) is 2.46. The van der Waals surface area contributed by atoms with Crippen LogP contribution in [0.3, 0.4) is 0 Å². The summed E-state index contributed by atoms with van der Waals surface area (Å²) in [7, 11) is 2.05. The number of imidazole rings is 1. The molecule has 2 N–H and O–H groups in total. The lowest BCUT2D eigenvalue weighted by Crippen LogP contribution is -2.19. The average Bonchev–Trinajstić information content (AvgIpc) is 3.01. The maximum absolute atomic E-state index is 5.90. The number of fused-ring (bicyclic) bond motifs is 1. The molecule has 3 heterocycles. The molecule has 3 aromatic rings. The van der Waals surface area contributed by atoms with Crippen molar-refractivity contribution in [3.63, 3.8) is 0 Å². The van der Waals surface area contributed by atoms with E-state index in [1.165, 1.54) is 5.56 Å². The van der Waals surface area contributed by atoms with Crippen molar-refractivity contribution in [2.45, 2.75) is 13.1 Å². The summed E-state index contributed by atoms with van der Waals surface area (Å²) < 4.78 is 3.20. The molecule has 0 aliphatic carbocycles. The van der Waals surface area contributed by atoms with Crippen molar-refractivity contribution in [1.29, 1.82) is 0 Å². The van der Waals surface area contributed by atoms with Crippen LogP contribution in [-0.2, 0) is 13.1 Å². The van der Waals surface area contributed by atoms with Crippen molar-refractivity contribution in [1.82, 2.24) is 9.38 Å². The van der Waals surface area contributed by atoms with E-state index >= 15 is 0 Å². The van der Waals surface area contributed by atoms with Crippen LogP contribution in [-0.4, -0.2) is 16.4 Å². The van der Waals surface area contributed by atoms with Crippen LogP contribution in [0.5, 0.6) is 0 Å². The Hall–Kier alpha value is -1.37. The molecule has 3 aromatic heterocycles. The Labute approximate surface area is 130 Å². The molecule has 0 atom stereocenters. The number of thiophene rings is 1. The standard InChI is InChI=1S/C14H15BrN4S/c1-18(8-10-6-12(15)20-9-10)14-11(7-16)19-5-3-2-4-13(19)17-14/h2-6,9H,7-8,16H2,1H3. The molecule has 0 bridgehead atoms. The number of rotatable bonds is 4. The number of anilines is 1. The van der Waals surface area contributed by atoms with Crippen LogP contribution < -0.4 is 10.6 Å². The van der Waals surface area contributed by atoms with Crippen molar-refractivity contribution in [3.8, 4) is 0 Å². The molecule has 0 amide bonds. The van der Waals surface area contributed by atoms with Gasteiger partial charge in [-0.3, -0.25) is 0 Å². The lowest BCUT2D eigenvalue weighted by molar-refractivity contribution is 0.875. The number of aromatic nitrogens is 2. The minimum absolute atomic E-state index is 0.470. The molecule has 3 rings (SSSR count). The third-order valence-corrected chi connectivity index (χ3v) is 4.76. The lowest BCUT2D eigenvalue weighted by Gasteiger charge is -2.17. The number of hydrogen-bond acceptors (Lipinski definition) is 4. The number of halogens is 1. The van der Waals surface area contributed by atoms with E-state index in [0.29, 0.717) is 6.54 Å². The van der Waals surface area contributed by atoms with Gasteiger partial charge in [-0.2, -0.15) is 0 Å². The highest BCUT2D eigenvalue weighted by molar-refractivity contribution is 9.11. The molecule has 104 valence electrons. The fraction of sp³-hybridized carbons (Fsp3) is 0.214. The van der Waals surface area contributed by atoms with Crippen molar-refractivity contribution < 1.29 is 0 Å². The summed E-state index contributed by atoms with van der Waals surface area (Å²) in [4.78, 5) is 6.83. The highest BCUT2D eigenvalue weighted by Crippen LogP contribution is 2.25. The molecule has 0 spiro atoms. The molecule has 0 aliphatic rings. The highest BCUT2D eigenvalue weighted by atomic mass is 79.9. The fourth-order valence-electron chi connectivity index (χ4n) is 2.31. The SMILES string of the molecule is CN(Cc1csc(Br)c1)c1nc2ccccn2c1CN. The van der Waals surface area contributed by atoms with Crippen LogP contribution in [0.1, 0.15) is 11.3 Å². The van der Waals surface area contributed by atoms with Gasteiger partial charge in [0.25, 0.3) is 0 Å². The second-order valence-corrected chi connectivity index (χ2v) is 6.92. The average molecular weight is 351 g/mol. The summed E-state index contributed by atoms with van der Waals surface area (Å²) in [5.74, 6) is 0.945. The first-order valence-corrected chi connectivity index (χ1v) is 7.96. The van der Waals surface area contributed by atoms with Crippen LogP contribution in [0, 0.1) is 0 Å². The van der Waals surface area contributed by atoms with Crippen LogP contribution in [0.2, 0.25) is 0 Å². The summed E-state index contributed by atoms with van der Waals surface area (Å²) in [6, 6.07) is 8.12. The van der Waals surface area contributed by atoms with Gasteiger partial charge in [0, 0.05) is 26.3 Å². The zero-order valence-corrected chi connectivity index (χ0v) is 13.5. The maximum atomic E-state index is 5.90. The van der Waals surface area contributed by atoms with Crippen molar-refractivity contribution >= 4 is 38.7 Å². The largest absolute Gasteiger partial charge is 0.354 e. The van der Waals surface area contributed by atoms with Crippen LogP contribution in [0.15, 0.2) is 39.6 Å². The molecule has 0 saturated carbocycles. The Morgan fingerprint density at radius 1 is 1.45 bits per heavy atom. The fourth-order valence-corrected chi connectivity index (χ4v) is 3.51. The zero-order chi connectivity index (χ0) is 14.1. The number of hydrogen-bond donors (Lipinski definition) is 1. The minimum Gasteiger partial charge on any atom is -0.354 e. The van der Waals surface area contributed by atoms with Gasteiger partial charge in [-0.05, 0) is 45.1 Å². The van der Waals surface area contributed by atoms with Gasteiger partial charge in [-0.25, -0.2) is 4.98 Å². The van der Waals surface area contributed by atoms with Crippen LogP contribution in [0.4, 0.5) is 5.82 Å². The van der Waals surface area contributed by atoms with Gasteiger partial charge < -0.3 is 15.0 Å². The Morgan fingerprint density at radius 2 is 2.30 bits per heavy atom. The summed E-state index contributed by atoms with van der Waals surface area (Å²) in [6.45, 7) is 1.29. The first-order chi connectivity index (χ1) is 9.69. The summed E-state index contributed by atoms with van der Waals surface area (Å²) >= 11 is 5.19. The van der Waals surface area contributed by atoms with Gasteiger partial charge in [0.05, 0.1) is 9.48 Å². The Morgan fingerprint density at radius 3 is 3.00 bits per heavy atom. The predicted octanol–water partition coefficient (Wildman–Crippen LogP) is 3.25. The normalized spacial score (nSPS) is 11.2. The Kier molecular flexibility index (Phi) is 3.78.